The molecular formula is C32H32F7IN2O4S. The second kappa shape index (κ2) is 11.0. The molecule has 0 radical (unpaired) electrons. The number of fused-ring (bicyclic) bond motifs is 6. The van der Waals surface area contributed by atoms with E-state index in [2.05, 4.69) is 5.32 Å². The number of halogens is 8. The van der Waals surface area contributed by atoms with E-state index in [4.69, 9.17) is 0 Å². The Morgan fingerprint density at radius 1 is 0.872 bits per heavy atom. The predicted molar refractivity (Wildman–Crippen MR) is 164 cm³/mol. The summed E-state index contributed by atoms with van der Waals surface area (Å²) in [6.07, 6.45) is -9.81. The Labute approximate surface area is 280 Å². The minimum atomic E-state index is -6.32. The number of aryl methyl sites for hydroxylation is 1. The van der Waals surface area contributed by atoms with Crippen LogP contribution in [0.4, 0.5) is 30.7 Å². The summed E-state index contributed by atoms with van der Waals surface area (Å²) in [7, 11) is -4.42. The van der Waals surface area contributed by atoms with Gasteiger partial charge in [-0.05, 0) is 116 Å². The van der Waals surface area contributed by atoms with E-state index in [-0.39, 0.29) is 53.6 Å². The Bertz CT molecular complexity index is 1690. The fourth-order valence-corrected chi connectivity index (χ4v) is 11.4. The van der Waals surface area contributed by atoms with Gasteiger partial charge in [-0.25, -0.2) is 12.8 Å². The average Bonchev–Trinajstić information content (AvgIpc) is 3.41. The summed E-state index contributed by atoms with van der Waals surface area (Å²) in [4.78, 5) is 27.8. The molecule has 0 unspecified atom stereocenters. The van der Waals surface area contributed by atoms with Gasteiger partial charge in [0.25, 0.3) is 0 Å². The summed E-state index contributed by atoms with van der Waals surface area (Å²) < 4.78 is 125. The molecule has 15 heteroatoms. The van der Waals surface area contributed by atoms with Gasteiger partial charge in [-0.2, -0.15) is 26.3 Å². The molecule has 47 heavy (non-hydrogen) atoms. The summed E-state index contributed by atoms with van der Waals surface area (Å²) >= 11 is 2.00. The van der Waals surface area contributed by atoms with Gasteiger partial charge in [0, 0.05) is 33.6 Å². The monoisotopic (exact) mass is 800 g/mol. The van der Waals surface area contributed by atoms with Crippen LogP contribution in [0.5, 0.6) is 0 Å². The van der Waals surface area contributed by atoms with Crippen molar-refractivity contribution in [2.45, 2.75) is 104 Å². The van der Waals surface area contributed by atoms with E-state index in [1.165, 1.54) is 19.1 Å². The molecule has 2 bridgehead atoms. The van der Waals surface area contributed by atoms with E-state index in [0.717, 1.165) is 9.64 Å². The highest BCUT2D eigenvalue weighted by Gasteiger charge is 2.74. The molecule has 5 aliphatic rings. The van der Waals surface area contributed by atoms with Gasteiger partial charge in [0.15, 0.2) is 9.84 Å². The number of carbonyl (C=O) groups excluding carboxylic acids is 2. The van der Waals surface area contributed by atoms with Gasteiger partial charge in [0.2, 0.25) is 11.8 Å². The van der Waals surface area contributed by atoms with Crippen LogP contribution in [0.25, 0.3) is 0 Å². The van der Waals surface area contributed by atoms with Crippen LogP contribution in [-0.4, -0.2) is 55.6 Å². The normalized spacial score (nSPS) is 29.3. The molecule has 4 fully saturated rings. The van der Waals surface area contributed by atoms with E-state index in [1.54, 1.807) is 17.0 Å². The van der Waals surface area contributed by atoms with E-state index in [0.29, 0.717) is 50.7 Å². The maximum Gasteiger partial charge on any atom is 0.435 e. The van der Waals surface area contributed by atoms with Gasteiger partial charge < -0.3 is 10.2 Å². The van der Waals surface area contributed by atoms with Crippen LogP contribution in [0.15, 0.2) is 47.4 Å². The van der Waals surface area contributed by atoms with Crippen molar-refractivity contribution in [2.75, 3.05) is 6.54 Å². The number of likely N-dealkylation sites (tertiary alicyclic amines) is 1. The molecule has 2 aromatic carbocycles. The highest BCUT2D eigenvalue weighted by atomic mass is 127. The lowest BCUT2D eigenvalue weighted by molar-refractivity contribution is -0.348. The molecule has 1 heterocycles. The molecule has 2 atom stereocenters. The van der Waals surface area contributed by atoms with Gasteiger partial charge in [-0.3, -0.25) is 9.59 Å². The lowest BCUT2D eigenvalue weighted by Gasteiger charge is -2.54. The fraction of sp³-hybridized carbons (Fsp3) is 0.562. The number of alkyl halides is 7. The van der Waals surface area contributed by atoms with Crippen molar-refractivity contribution in [1.82, 2.24) is 10.2 Å². The standard InChI is InChI=1S/C32H32F7IN2O4S/c1-19(43)41-28-13-10-27(11-14-28,12-15-28)26(44)42-17-16-29(47(45,46)23-6-4-22(40)5-7-23)24-8-3-21(18-20(24)2-9-25(29)42)30(33,31(34,35)36)32(37,38)39/h3-8,18,25H,2,9-17H2,1H3,(H,41,43)/t25-,27?,28?,29-/m1/s1. The van der Waals surface area contributed by atoms with E-state index in [9.17, 15) is 44.3 Å². The van der Waals surface area contributed by atoms with Gasteiger partial charge >= 0.3 is 18.0 Å². The smallest absolute Gasteiger partial charge is 0.351 e. The Hall–Kier alpha value is -2.43. The zero-order valence-corrected chi connectivity index (χ0v) is 28.2. The third-order valence-corrected chi connectivity index (χ3v) is 14.3. The lowest BCUT2D eigenvalue weighted by atomic mass is 9.56. The van der Waals surface area contributed by atoms with Gasteiger partial charge in [0.1, 0.15) is 4.75 Å². The number of hydrogen-bond donors (Lipinski definition) is 1. The van der Waals surface area contributed by atoms with Gasteiger partial charge in [-0.15, -0.1) is 0 Å². The van der Waals surface area contributed by atoms with Crippen LogP contribution in [0.2, 0.25) is 0 Å². The SMILES string of the molecule is CC(=O)NC12CCC(C(=O)N3CC[C@@]4(S(=O)(=O)c5ccc(I)cc5)c5ccc(C(F)(C(F)(F)F)C(F)(F)F)cc5CC[C@@H]34)(CC1)CC2. The van der Waals surface area contributed by atoms with Gasteiger partial charge in [0.05, 0.1) is 10.9 Å². The maximum absolute atomic E-state index is 15.1. The van der Waals surface area contributed by atoms with Crippen molar-refractivity contribution in [3.8, 4) is 0 Å². The molecule has 1 saturated heterocycles. The molecule has 0 spiro atoms. The molecular weight excluding hydrogens is 768 g/mol. The number of benzene rings is 2. The number of hydrogen-bond acceptors (Lipinski definition) is 4. The molecule has 256 valence electrons. The van der Waals surface area contributed by atoms with Crippen LogP contribution in [-0.2, 0) is 36.3 Å². The first kappa shape index (κ1) is 34.4. The maximum atomic E-state index is 15.1. The summed E-state index contributed by atoms with van der Waals surface area (Å²) in [6, 6.07) is 6.69. The highest BCUT2D eigenvalue weighted by molar-refractivity contribution is 14.1. The van der Waals surface area contributed by atoms with Crippen molar-refractivity contribution in [2.24, 2.45) is 5.41 Å². The third kappa shape index (κ3) is 5.01. The largest absolute Gasteiger partial charge is 0.435 e. The molecule has 1 aliphatic heterocycles. The number of rotatable bonds is 5. The summed E-state index contributed by atoms with van der Waals surface area (Å²) in [6.45, 7) is 1.45. The minimum absolute atomic E-state index is 0.00499. The number of carbonyl (C=O) groups is 2. The van der Waals surface area contributed by atoms with Crippen LogP contribution in [0, 0.1) is 8.99 Å². The molecule has 1 N–H and O–H groups in total. The van der Waals surface area contributed by atoms with Crippen LogP contribution in [0.3, 0.4) is 0 Å². The van der Waals surface area contributed by atoms with Crippen molar-refractivity contribution >= 4 is 44.2 Å². The van der Waals surface area contributed by atoms with Crippen molar-refractivity contribution < 1.29 is 48.7 Å². The average molecular weight is 801 g/mol. The van der Waals surface area contributed by atoms with E-state index < -0.39 is 55.2 Å². The van der Waals surface area contributed by atoms with Crippen molar-refractivity contribution in [1.29, 1.82) is 0 Å². The molecule has 3 saturated carbocycles. The molecule has 7 rings (SSSR count). The predicted octanol–water partition coefficient (Wildman–Crippen LogP) is 7.03. The topological polar surface area (TPSA) is 83.6 Å². The first-order chi connectivity index (χ1) is 21.7. The first-order valence-corrected chi connectivity index (χ1v) is 17.9. The first-order valence-electron chi connectivity index (χ1n) is 15.3. The lowest BCUT2D eigenvalue weighted by Crippen LogP contribution is -2.61. The Kier molecular flexibility index (Phi) is 8.09. The second-order valence-corrected chi connectivity index (χ2v) is 16.9. The van der Waals surface area contributed by atoms with E-state index in [1.807, 2.05) is 22.6 Å². The molecule has 2 aromatic rings. The van der Waals surface area contributed by atoms with Crippen LogP contribution < -0.4 is 5.32 Å². The molecule has 6 nitrogen and oxygen atoms in total. The zero-order chi connectivity index (χ0) is 34.4. The molecule has 0 aromatic heterocycles. The van der Waals surface area contributed by atoms with Crippen LogP contribution >= 0.6 is 22.6 Å². The van der Waals surface area contributed by atoms with Crippen LogP contribution in [0.1, 0.15) is 75.0 Å². The summed E-state index contributed by atoms with van der Waals surface area (Å²) in [5.41, 5.74) is -8.66. The molecule has 2 amide bonds. The summed E-state index contributed by atoms with van der Waals surface area (Å²) in [5, 5.41) is 3.04. The Morgan fingerprint density at radius 2 is 1.45 bits per heavy atom. The minimum Gasteiger partial charge on any atom is -0.351 e. The summed E-state index contributed by atoms with van der Waals surface area (Å²) in [5.74, 6) is -0.384. The van der Waals surface area contributed by atoms with E-state index >= 15 is 4.39 Å². The number of nitrogens with zero attached hydrogens (tertiary/aromatic N) is 1. The molecule has 4 aliphatic carbocycles. The number of nitrogens with one attached hydrogen (secondary N) is 1. The Morgan fingerprint density at radius 3 is 1.98 bits per heavy atom. The number of amides is 2. The third-order valence-electron chi connectivity index (χ3n) is 11.1. The number of sulfone groups is 1. The Balaban J connectivity index is 1.45. The highest BCUT2D eigenvalue weighted by Crippen LogP contribution is 2.59. The zero-order valence-electron chi connectivity index (χ0n) is 25.2. The van der Waals surface area contributed by atoms with Crippen molar-refractivity contribution in [3.05, 3.63) is 62.7 Å². The van der Waals surface area contributed by atoms with Gasteiger partial charge in [-0.1, -0.05) is 18.2 Å². The quantitative estimate of drug-likeness (QED) is 0.261. The van der Waals surface area contributed by atoms with Crippen molar-refractivity contribution in [3.63, 3.8) is 0 Å². The fourth-order valence-electron chi connectivity index (χ4n) is 8.67. The second-order valence-electron chi connectivity index (χ2n) is 13.4.